The molecule has 4 heteroatoms. The third kappa shape index (κ3) is 3.01. The van der Waals surface area contributed by atoms with Crippen LogP contribution < -0.4 is 5.73 Å². The molecule has 2 aromatic rings. The number of imidazole rings is 1. The first-order chi connectivity index (χ1) is 9.17. The molecule has 0 fully saturated rings. The molecule has 0 spiro atoms. The maximum absolute atomic E-state index is 5.91. The lowest BCUT2D eigenvalue weighted by Gasteiger charge is -2.20. The molecule has 0 aliphatic rings. The summed E-state index contributed by atoms with van der Waals surface area (Å²) in [6.07, 6.45) is 5.88. The molecule has 0 amide bonds. The van der Waals surface area contributed by atoms with Gasteiger partial charge in [0.2, 0.25) is 0 Å². The van der Waals surface area contributed by atoms with E-state index in [4.69, 9.17) is 5.73 Å². The highest BCUT2D eigenvalue weighted by atomic mass is 32.2. The van der Waals surface area contributed by atoms with Gasteiger partial charge in [-0.05, 0) is 36.4 Å². The van der Waals surface area contributed by atoms with Crippen LogP contribution in [0.1, 0.15) is 25.5 Å². The molecule has 102 valence electrons. The van der Waals surface area contributed by atoms with Crippen LogP contribution in [0.2, 0.25) is 0 Å². The molecule has 1 aromatic heterocycles. The molecule has 1 aromatic carbocycles. The summed E-state index contributed by atoms with van der Waals surface area (Å²) in [4.78, 5) is 5.56. The van der Waals surface area contributed by atoms with Crippen molar-refractivity contribution >= 4 is 11.8 Å². The Morgan fingerprint density at radius 3 is 2.47 bits per heavy atom. The largest absolute Gasteiger partial charge is 0.330 e. The zero-order chi connectivity index (χ0) is 13.8. The molecule has 0 bridgehead atoms. The first kappa shape index (κ1) is 14.2. The lowest BCUT2D eigenvalue weighted by molar-refractivity contribution is 0.490. The van der Waals surface area contributed by atoms with Crippen LogP contribution in [0.4, 0.5) is 0 Å². The van der Waals surface area contributed by atoms with Crippen molar-refractivity contribution in [2.45, 2.75) is 24.7 Å². The summed E-state index contributed by atoms with van der Waals surface area (Å²) in [5, 5.41) is 0. The average Bonchev–Trinajstić information content (AvgIpc) is 2.88. The number of hydrogen-bond acceptors (Lipinski definition) is 3. The number of thioether (sulfide) groups is 1. The predicted molar refractivity (Wildman–Crippen MR) is 82.0 cm³/mol. The summed E-state index contributed by atoms with van der Waals surface area (Å²) in [5.41, 5.74) is 8.25. The fourth-order valence-electron chi connectivity index (χ4n) is 2.27. The monoisotopic (exact) mass is 275 g/mol. The third-order valence-corrected chi connectivity index (χ3v) is 4.20. The Labute approximate surface area is 119 Å². The van der Waals surface area contributed by atoms with E-state index >= 15 is 0 Å². The van der Waals surface area contributed by atoms with Gasteiger partial charge in [-0.1, -0.05) is 13.8 Å². The van der Waals surface area contributed by atoms with Crippen molar-refractivity contribution in [3.63, 3.8) is 0 Å². The van der Waals surface area contributed by atoms with Crippen molar-refractivity contribution in [3.05, 3.63) is 42.5 Å². The minimum Gasteiger partial charge on any atom is -0.330 e. The number of nitrogens with two attached hydrogens (primary N) is 1. The molecule has 1 unspecified atom stereocenters. The van der Waals surface area contributed by atoms with Crippen LogP contribution in [-0.4, -0.2) is 22.4 Å². The van der Waals surface area contributed by atoms with Gasteiger partial charge in [-0.25, -0.2) is 4.98 Å². The average molecular weight is 275 g/mol. The number of rotatable bonds is 5. The van der Waals surface area contributed by atoms with Gasteiger partial charge in [0.1, 0.15) is 0 Å². The lowest BCUT2D eigenvalue weighted by atomic mass is 9.93. The summed E-state index contributed by atoms with van der Waals surface area (Å²) < 4.78 is 2.14. The van der Waals surface area contributed by atoms with Gasteiger partial charge in [0, 0.05) is 34.9 Å². The van der Waals surface area contributed by atoms with Gasteiger partial charge >= 0.3 is 0 Å². The summed E-state index contributed by atoms with van der Waals surface area (Å²) in [7, 11) is 0. The lowest BCUT2D eigenvalue weighted by Crippen LogP contribution is -2.20. The van der Waals surface area contributed by atoms with Gasteiger partial charge in [-0.3, -0.25) is 0 Å². The second kappa shape index (κ2) is 6.26. The fraction of sp³-hybridized carbons (Fsp3) is 0.400. The van der Waals surface area contributed by atoms with E-state index in [2.05, 4.69) is 53.9 Å². The Kier molecular flexibility index (Phi) is 4.66. The number of nitrogens with zero attached hydrogens (tertiary/aromatic N) is 2. The van der Waals surface area contributed by atoms with Crippen molar-refractivity contribution < 1.29 is 0 Å². The summed E-state index contributed by atoms with van der Waals surface area (Å²) in [6, 6.07) is 8.53. The zero-order valence-corrected chi connectivity index (χ0v) is 12.5. The Balaban J connectivity index is 2.37. The molecule has 0 aliphatic carbocycles. The Morgan fingerprint density at radius 1 is 1.26 bits per heavy atom. The molecule has 1 atom stereocenters. The topological polar surface area (TPSA) is 43.8 Å². The zero-order valence-electron chi connectivity index (χ0n) is 11.7. The van der Waals surface area contributed by atoms with Crippen LogP contribution in [-0.2, 0) is 0 Å². The van der Waals surface area contributed by atoms with Gasteiger partial charge in [-0.15, -0.1) is 11.8 Å². The van der Waals surface area contributed by atoms with E-state index in [0.717, 1.165) is 5.69 Å². The standard InChI is InChI=1S/C15H21N3S/c1-11(2)14(8-16)15-9-17-10-18(15)12-4-6-13(19-3)7-5-12/h4-7,9-11,14H,8,16H2,1-3H3. The van der Waals surface area contributed by atoms with Crippen molar-refractivity contribution in [2.24, 2.45) is 11.7 Å². The minimum absolute atomic E-state index is 0.336. The highest BCUT2D eigenvalue weighted by Gasteiger charge is 2.18. The second-order valence-electron chi connectivity index (χ2n) is 4.97. The molecule has 0 aliphatic heterocycles. The quantitative estimate of drug-likeness (QED) is 0.852. The first-order valence-electron chi connectivity index (χ1n) is 6.54. The Bertz CT molecular complexity index is 516. The molecule has 2 rings (SSSR count). The molecule has 0 radical (unpaired) electrons. The van der Waals surface area contributed by atoms with Gasteiger partial charge < -0.3 is 10.3 Å². The highest BCUT2D eigenvalue weighted by Crippen LogP contribution is 2.26. The van der Waals surface area contributed by atoms with Gasteiger partial charge in [-0.2, -0.15) is 0 Å². The third-order valence-electron chi connectivity index (χ3n) is 3.46. The molecule has 2 N–H and O–H groups in total. The van der Waals surface area contributed by atoms with Crippen LogP contribution >= 0.6 is 11.8 Å². The maximum atomic E-state index is 5.91. The minimum atomic E-state index is 0.336. The van der Waals surface area contributed by atoms with E-state index in [1.807, 2.05) is 12.5 Å². The smallest absolute Gasteiger partial charge is 0.0994 e. The van der Waals surface area contributed by atoms with Crippen LogP contribution in [0, 0.1) is 5.92 Å². The number of benzene rings is 1. The Hall–Kier alpha value is -1.26. The van der Waals surface area contributed by atoms with Crippen LogP contribution in [0.25, 0.3) is 5.69 Å². The van der Waals surface area contributed by atoms with E-state index in [0.29, 0.717) is 18.4 Å². The van der Waals surface area contributed by atoms with E-state index in [-0.39, 0.29) is 0 Å². The molecule has 0 saturated heterocycles. The first-order valence-corrected chi connectivity index (χ1v) is 7.76. The van der Waals surface area contributed by atoms with Crippen LogP contribution in [0.5, 0.6) is 0 Å². The molecule has 19 heavy (non-hydrogen) atoms. The van der Waals surface area contributed by atoms with E-state index < -0.39 is 0 Å². The summed E-state index contributed by atoms with van der Waals surface area (Å²) in [5.74, 6) is 0.841. The summed E-state index contributed by atoms with van der Waals surface area (Å²) in [6.45, 7) is 5.05. The Morgan fingerprint density at radius 2 is 1.95 bits per heavy atom. The van der Waals surface area contributed by atoms with E-state index in [1.54, 1.807) is 11.8 Å². The van der Waals surface area contributed by atoms with Crippen molar-refractivity contribution in [1.29, 1.82) is 0 Å². The molecular formula is C15H21N3S. The fourth-order valence-corrected chi connectivity index (χ4v) is 2.68. The number of aromatic nitrogens is 2. The highest BCUT2D eigenvalue weighted by molar-refractivity contribution is 7.98. The van der Waals surface area contributed by atoms with E-state index in [1.165, 1.54) is 10.6 Å². The maximum Gasteiger partial charge on any atom is 0.0994 e. The predicted octanol–water partition coefficient (Wildman–Crippen LogP) is 3.29. The number of hydrogen-bond donors (Lipinski definition) is 1. The normalized spacial score (nSPS) is 12.9. The summed E-state index contributed by atoms with van der Waals surface area (Å²) >= 11 is 1.75. The van der Waals surface area contributed by atoms with Gasteiger partial charge in [0.15, 0.2) is 0 Å². The van der Waals surface area contributed by atoms with Gasteiger partial charge in [0.05, 0.1) is 6.33 Å². The molecule has 1 heterocycles. The molecular weight excluding hydrogens is 254 g/mol. The van der Waals surface area contributed by atoms with Crippen molar-refractivity contribution in [3.8, 4) is 5.69 Å². The van der Waals surface area contributed by atoms with Gasteiger partial charge in [0.25, 0.3) is 0 Å². The SMILES string of the molecule is CSc1ccc(-n2cncc2C(CN)C(C)C)cc1. The second-order valence-corrected chi connectivity index (χ2v) is 5.85. The van der Waals surface area contributed by atoms with Crippen LogP contribution in [0.15, 0.2) is 41.7 Å². The van der Waals surface area contributed by atoms with Crippen molar-refractivity contribution in [1.82, 2.24) is 9.55 Å². The molecule has 3 nitrogen and oxygen atoms in total. The van der Waals surface area contributed by atoms with Crippen molar-refractivity contribution in [2.75, 3.05) is 12.8 Å². The van der Waals surface area contributed by atoms with E-state index in [9.17, 15) is 0 Å². The van der Waals surface area contributed by atoms with Crippen LogP contribution in [0.3, 0.4) is 0 Å². The molecule has 0 saturated carbocycles.